The molecule has 1 N–H and O–H groups in total. The molecule has 1 saturated heterocycles. The first kappa shape index (κ1) is 18.4. The molecule has 1 aliphatic rings. The number of morpholine rings is 1. The van der Waals surface area contributed by atoms with Crippen molar-refractivity contribution in [1.29, 1.82) is 0 Å². The SMILES string of the molecule is O=C(Cc1ccc([C@@H]2CNCCO2)c(F)c1)c1cncc(C(F)(F)F)n1. The molecule has 2 aromatic rings. The van der Waals surface area contributed by atoms with Crippen LogP contribution in [0.1, 0.15) is 33.4 Å². The molecule has 0 spiro atoms. The molecule has 5 nitrogen and oxygen atoms in total. The minimum atomic E-state index is -4.69. The van der Waals surface area contributed by atoms with E-state index in [4.69, 9.17) is 4.74 Å². The normalized spacial score (nSPS) is 17.9. The lowest BCUT2D eigenvalue weighted by atomic mass is 10.0. The Balaban J connectivity index is 1.74. The zero-order chi connectivity index (χ0) is 18.7. The number of nitrogens with one attached hydrogen (secondary N) is 1. The number of hydrogen-bond acceptors (Lipinski definition) is 5. The van der Waals surface area contributed by atoms with Crippen molar-refractivity contribution in [3.8, 4) is 0 Å². The van der Waals surface area contributed by atoms with Gasteiger partial charge in [0.25, 0.3) is 0 Å². The van der Waals surface area contributed by atoms with Gasteiger partial charge in [-0.3, -0.25) is 9.78 Å². The van der Waals surface area contributed by atoms with Gasteiger partial charge in [0, 0.05) is 25.1 Å². The van der Waals surface area contributed by atoms with Crippen LogP contribution in [0.3, 0.4) is 0 Å². The predicted octanol–water partition coefficient (Wildman–Crippen LogP) is 2.72. The fourth-order valence-electron chi connectivity index (χ4n) is 2.62. The molecule has 2 heterocycles. The molecule has 3 rings (SSSR count). The van der Waals surface area contributed by atoms with Crippen molar-refractivity contribution in [1.82, 2.24) is 15.3 Å². The smallest absolute Gasteiger partial charge is 0.371 e. The number of carbonyl (C=O) groups is 1. The van der Waals surface area contributed by atoms with Crippen LogP contribution in [-0.2, 0) is 17.3 Å². The zero-order valence-corrected chi connectivity index (χ0v) is 13.5. The standard InChI is InChI=1S/C17H15F4N3O2/c18-12-5-10(1-2-11(12)15-8-22-3-4-26-15)6-14(25)13-7-23-9-16(24-13)17(19,20)21/h1-2,5,7,9,15,22H,3-4,6,8H2/t15-/m0/s1. The maximum absolute atomic E-state index is 14.3. The molecule has 138 valence electrons. The molecule has 1 atom stereocenters. The van der Waals surface area contributed by atoms with Crippen molar-refractivity contribution in [3.05, 3.63) is 58.9 Å². The summed E-state index contributed by atoms with van der Waals surface area (Å²) >= 11 is 0. The average molecular weight is 369 g/mol. The van der Waals surface area contributed by atoms with E-state index in [9.17, 15) is 22.4 Å². The van der Waals surface area contributed by atoms with E-state index < -0.39 is 35.3 Å². The molecule has 0 saturated carbocycles. The topological polar surface area (TPSA) is 64.1 Å². The van der Waals surface area contributed by atoms with Crippen molar-refractivity contribution in [3.63, 3.8) is 0 Å². The molecule has 0 bridgehead atoms. The summed E-state index contributed by atoms with van der Waals surface area (Å²) in [5.74, 6) is -1.20. The van der Waals surface area contributed by atoms with Gasteiger partial charge in [-0.25, -0.2) is 9.37 Å². The number of Topliss-reactive ketones (excluding diaryl/α,β-unsaturated/α-hetero) is 1. The number of ether oxygens (including phenoxy) is 1. The van der Waals surface area contributed by atoms with Crippen LogP contribution in [0.2, 0.25) is 0 Å². The zero-order valence-electron chi connectivity index (χ0n) is 13.5. The van der Waals surface area contributed by atoms with Crippen molar-refractivity contribution in [2.75, 3.05) is 19.7 Å². The van der Waals surface area contributed by atoms with Crippen molar-refractivity contribution in [2.45, 2.75) is 18.7 Å². The van der Waals surface area contributed by atoms with Crippen LogP contribution >= 0.6 is 0 Å². The summed E-state index contributed by atoms with van der Waals surface area (Å²) in [5, 5.41) is 3.09. The van der Waals surface area contributed by atoms with E-state index in [0.29, 0.717) is 37.0 Å². The number of nitrogens with zero attached hydrogens (tertiary/aromatic N) is 2. The Labute approximate surface area is 146 Å². The monoisotopic (exact) mass is 369 g/mol. The molecule has 1 fully saturated rings. The Morgan fingerprint density at radius 3 is 2.77 bits per heavy atom. The summed E-state index contributed by atoms with van der Waals surface area (Å²) in [7, 11) is 0. The highest BCUT2D eigenvalue weighted by atomic mass is 19.4. The summed E-state index contributed by atoms with van der Waals surface area (Å²) in [5.41, 5.74) is -0.956. The fraction of sp³-hybridized carbons (Fsp3) is 0.353. The number of alkyl halides is 3. The first-order chi connectivity index (χ1) is 12.3. The molecule has 1 aromatic carbocycles. The lowest BCUT2D eigenvalue weighted by Crippen LogP contribution is -2.33. The molecule has 9 heteroatoms. The van der Waals surface area contributed by atoms with Crippen LogP contribution in [0, 0.1) is 5.82 Å². The molecule has 0 unspecified atom stereocenters. The molecule has 1 aliphatic heterocycles. The average Bonchev–Trinajstić information content (AvgIpc) is 2.62. The van der Waals surface area contributed by atoms with Gasteiger partial charge in [0.15, 0.2) is 11.5 Å². The van der Waals surface area contributed by atoms with Gasteiger partial charge in [-0.15, -0.1) is 0 Å². The van der Waals surface area contributed by atoms with E-state index in [1.165, 1.54) is 12.1 Å². The van der Waals surface area contributed by atoms with E-state index in [1.807, 2.05) is 0 Å². The van der Waals surface area contributed by atoms with Crippen LogP contribution < -0.4 is 5.32 Å². The highest BCUT2D eigenvalue weighted by Gasteiger charge is 2.33. The maximum atomic E-state index is 14.3. The molecular formula is C17H15F4N3O2. The quantitative estimate of drug-likeness (QED) is 0.663. The third-order valence-corrected chi connectivity index (χ3v) is 3.91. The van der Waals surface area contributed by atoms with Crippen LogP contribution in [0.4, 0.5) is 17.6 Å². The maximum Gasteiger partial charge on any atom is 0.434 e. The summed E-state index contributed by atoms with van der Waals surface area (Å²) in [6.07, 6.45) is -3.88. The lowest BCUT2D eigenvalue weighted by molar-refractivity contribution is -0.141. The fourth-order valence-corrected chi connectivity index (χ4v) is 2.62. The third kappa shape index (κ3) is 4.23. The summed E-state index contributed by atoms with van der Waals surface area (Å²) in [6.45, 7) is 1.65. The van der Waals surface area contributed by atoms with Gasteiger partial charge in [0.05, 0.1) is 25.1 Å². The molecule has 0 radical (unpaired) electrons. The molecule has 26 heavy (non-hydrogen) atoms. The van der Waals surface area contributed by atoms with Crippen LogP contribution in [0.5, 0.6) is 0 Å². The largest absolute Gasteiger partial charge is 0.434 e. The number of rotatable bonds is 4. The van der Waals surface area contributed by atoms with Crippen LogP contribution in [0.25, 0.3) is 0 Å². The van der Waals surface area contributed by atoms with Gasteiger partial charge >= 0.3 is 6.18 Å². The van der Waals surface area contributed by atoms with Crippen molar-refractivity contribution < 1.29 is 27.1 Å². The van der Waals surface area contributed by atoms with Crippen molar-refractivity contribution >= 4 is 5.78 Å². The number of ketones is 1. The van der Waals surface area contributed by atoms with E-state index >= 15 is 0 Å². The number of aromatic nitrogens is 2. The van der Waals surface area contributed by atoms with Crippen molar-refractivity contribution in [2.24, 2.45) is 0 Å². The Hall–Kier alpha value is -2.39. The van der Waals surface area contributed by atoms with Gasteiger partial charge in [0.2, 0.25) is 0 Å². The van der Waals surface area contributed by atoms with Crippen LogP contribution in [0.15, 0.2) is 30.6 Å². The second kappa shape index (κ2) is 7.46. The first-order valence-electron chi connectivity index (χ1n) is 7.87. The van der Waals surface area contributed by atoms with Gasteiger partial charge in [-0.2, -0.15) is 13.2 Å². The highest BCUT2D eigenvalue weighted by Crippen LogP contribution is 2.27. The Bertz CT molecular complexity index is 805. The second-order valence-corrected chi connectivity index (χ2v) is 5.81. The third-order valence-electron chi connectivity index (χ3n) is 3.91. The molecule has 0 aliphatic carbocycles. The Morgan fingerprint density at radius 2 is 2.12 bits per heavy atom. The van der Waals surface area contributed by atoms with E-state index in [1.54, 1.807) is 6.07 Å². The van der Waals surface area contributed by atoms with Gasteiger partial charge < -0.3 is 10.1 Å². The van der Waals surface area contributed by atoms with Gasteiger partial charge in [-0.05, 0) is 11.6 Å². The Kier molecular flexibility index (Phi) is 5.28. The minimum Gasteiger partial charge on any atom is -0.371 e. The first-order valence-corrected chi connectivity index (χ1v) is 7.87. The predicted molar refractivity (Wildman–Crippen MR) is 83.0 cm³/mol. The highest BCUT2D eigenvalue weighted by molar-refractivity contribution is 5.95. The summed E-state index contributed by atoms with van der Waals surface area (Å²) < 4.78 is 57.8. The molecule has 1 aromatic heterocycles. The number of hydrogen-bond donors (Lipinski definition) is 1. The Morgan fingerprint density at radius 1 is 1.31 bits per heavy atom. The molecular weight excluding hydrogens is 354 g/mol. The lowest BCUT2D eigenvalue weighted by Gasteiger charge is -2.24. The van der Waals surface area contributed by atoms with E-state index in [2.05, 4.69) is 15.3 Å². The van der Waals surface area contributed by atoms with E-state index in [0.717, 1.165) is 6.20 Å². The number of carbonyl (C=O) groups excluding carboxylic acids is 1. The van der Waals surface area contributed by atoms with E-state index in [-0.39, 0.29) is 6.42 Å². The number of benzene rings is 1. The van der Waals surface area contributed by atoms with Crippen LogP contribution in [-0.4, -0.2) is 35.4 Å². The summed E-state index contributed by atoms with van der Waals surface area (Å²) in [4.78, 5) is 18.9. The second-order valence-electron chi connectivity index (χ2n) is 5.81. The summed E-state index contributed by atoms with van der Waals surface area (Å²) in [6, 6.07) is 4.26. The van der Waals surface area contributed by atoms with Gasteiger partial charge in [0.1, 0.15) is 11.5 Å². The number of halogens is 4. The van der Waals surface area contributed by atoms with Gasteiger partial charge in [-0.1, -0.05) is 12.1 Å². The molecule has 0 amide bonds. The minimum absolute atomic E-state index is 0.281.